The fourth-order valence-corrected chi connectivity index (χ4v) is 3.98. The lowest BCUT2D eigenvalue weighted by Gasteiger charge is -2.35. The minimum atomic E-state index is -0.251. The zero-order valence-electron chi connectivity index (χ0n) is 14.6. The Morgan fingerprint density at radius 3 is 2.54 bits per heavy atom. The predicted molar refractivity (Wildman–Crippen MR) is 94.6 cm³/mol. The summed E-state index contributed by atoms with van der Waals surface area (Å²) in [6.45, 7) is 2.70. The number of nitrogens with zero attached hydrogens (tertiary/aromatic N) is 1. The van der Waals surface area contributed by atoms with Crippen molar-refractivity contribution in [1.82, 2.24) is 10.2 Å². The zero-order valence-corrected chi connectivity index (χ0v) is 14.6. The van der Waals surface area contributed by atoms with Crippen molar-refractivity contribution in [2.75, 3.05) is 6.54 Å². The first kappa shape index (κ1) is 17.0. The molecule has 0 spiro atoms. The number of rotatable bonds is 5. The van der Waals surface area contributed by atoms with Crippen LogP contribution in [0.15, 0.2) is 24.3 Å². The SMILES string of the molecule is Cc1ccc(CCNC(=O)[C@@H]2CCC(=O)N2C2CCCCC2)cc1. The van der Waals surface area contributed by atoms with Crippen LogP contribution in [0.5, 0.6) is 0 Å². The molecule has 1 aromatic rings. The average molecular weight is 328 g/mol. The van der Waals surface area contributed by atoms with Gasteiger partial charge in [0.15, 0.2) is 0 Å². The highest BCUT2D eigenvalue weighted by molar-refractivity contribution is 5.91. The van der Waals surface area contributed by atoms with Gasteiger partial charge in [-0.3, -0.25) is 9.59 Å². The minimum absolute atomic E-state index is 0.0264. The van der Waals surface area contributed by atoms with Crippen LogP contribution >= 0.6 is 0 Å². The van der Waals surface area contributed by atoms with Crippen LogP contribution in [0.1, 0.15) is 56.1 Å². The lowest BCUT2D eigenvalue weighted by molar-refractivity contribution is -0.138. The molecule has 0 bridgehead atoms. The number of carbonyl (C=O) groups excluding carboxylic acids is 2. The number of aryl methyl sites for hydroxylation is 1. The van der Waals surface area contributed by atoms with Crippen LogP contribution in [-0.2, 0) is 16.0 Å². The van der Waals surface area contributed by atoms with Crippen LogP contribution in [0.4, 0.5) is 0 Å². The van der Waals surface area contributed by atoms with Crippen LogP contribution in [0.3, 0.4) is 0 Å². The summed E-state index contributed by atoms with van der Waals surface area (Å²) in [5, 5.41) is 3.04. The molecule has 3 rings (SSSR count). The van der Waals surface area contributed by atoms with Crippen molar-refractivity contribution in [3.05, 3.63) is 35.4 Å². The average Bonchev–Trinajstić information content (AvgIpc) is 2.99. The van der Waals surface area contributed by atoms with Crippen LogP contribution < -0.4 is 5.32 Å². The van der Waals surface area contributed by atoms with Gasteiger partial charge in [-0.2, -0.15) is 0 Å². The number of hydrogen-bond acceptors (Lipinski definition) is 2. The lowest BCUT2D eigenvalue weighted by atomic mass is 9.93. The van der Waals surface area contributed by atoms with Gasteiger partial charge in [0.2, 0.25) is 11.8 Å². The van der Waals surface area contributed by atoms with E-state index in [1.165, 1.54) is 30.4 Å². The summed E-state index contributed by atoms with van der Waals surface area (Å²) in [7, 11) is 0. The van der Waals surface area contributed by atoms with E-state index in [2.05, 4.69) is 36.5 Å². The zero-order chi connectivity index (χ0) is 16.9. The first-order valence-corrected chi connectivity index (χ1v) is 9.29. The third-order valence-corrected chi connectivity index (χ3v) is 5.36. The maximum Gasteiger partial charge on any atom is 0.242 e. The van der Waals surface area contributed by atoms with Gasteiger partial charge in [-0.25, -0.2) is 0 Å². The second-order valence-corrected chi connectivity index (χ2v) is 7.17. The summed E-state index contributed by atoms with van der Waals surface area (Å²) in [5.74, 6) is 0.194. The van der Waals surface area contributed by atoms with Crippen molar-refractivity contribution < 1.29 is 9.59 Å². The molecule has 4 heteroatoms. The van der Waals surface area contributed by atoms with E-state index in [4.69, 9.17) is 0 Å². The summed E-state index contributed by atoms with van der Waals surface area (Å²) in [4.78, 5) is 26.7. The Morgan fingerprint density at radius 2 is 1.83 bits per heavy atom. The molecule has 24 heavy (non-hydrogen) atoms. The van der Waals surface area contributed by atoms with Gasteiger partial charge in [-0.15, -0.1) is 0 Å². The summed E-state index contributed by atoms with van der Waals surface area (Å²) in [5.41, 5.74) is 2.47. The Labute approximate surface area is 144 Å². The minimum Gasteiger partial charge on any atom is -0.354 e. The fourth-order valence-electron chi connectivity index (χ4n) is 3.98. The molecule has 1 aliphatic heterocycles. The number of benzene rings is 1. The summed E-state index contributed by atoms with van der Waals surface area (Å²) >= 11 is 0. The Kier molecular flexibility index (Phi) is 5.54. The molecule has 1 aliphatic carbocycles. The van der Waals surface area contributed by atoms with E-state index in [0.717, 1.165) is 19.3 Å². The molecule has 1 atom stereocenters. The topological polar surface area (TPSA) is 49.4 Å². The van der Waals surface area contributed by atoms with Gasteiger partial charge in [0, 0.05) is 19.0 Å². The van der Waals surface area contributed by atoms with E-state index in [0.29, 0.717) is 19.4 Å². The van der Waals surface area contributed by atoms with Gasteiger partial charge in [0.1, 0.15) is 6.04 Å². The molecule has 1 N–H and O–H groups in total. The molecule has 0 aromatic heterocycles. The monoisotopic (exact) mass is 328 g/mol. The van der Waals surface area contributed by atoms with Crippen LogP contribution in [-0.4, -0.2) is 35.3 Å². The largest absolute Gasteiger partial charge is 0.354 e. The van der Waals surface area contributed by atoms with E-state index in [-0.39, 0.29) is 23.9 Å². The lowest BCUT2D eigenvalue weighted by Crippen LogP contribution is -2.50. The molecular formula is C20H28N2O2. The highest BCUT2D eigenvalue weighted by Crippen LogP contribution is 2.30. The van der Waals surface area contributed by atoms with Crippen LogP contribution in [0, 0.1) is 6.92 Å². The number of carbonyl (C=O) groups is 2. The number of nitrogens with one attached hydrogen (secondary N) is 1. The third-order valence-electron chi connectivity index (χ3n) is 5.36. The molecule has 130 valence electrons. The molecule has 1 aromatic carbocycles. The van der Waals surface area contributed by atoms with E-state index in [1.807, 2.05) is 4.90 Å². The first-order valence-electron chi connectivity index (χ1n) is 9.29. The van der Waals surface area contributed by atoms with Gasteiger partial charge >= 0.3 is 0 Å². The molecule has 4 nitrogen and oxygen atoms in total. The van der Waals surface area contributed by atoms with Gasteiger partial charge in [0.05, 0.1) is 0 Å². The standard InChI is InChI=1S/C20H28N2O2/c1-15-7-9-16(10-8-15)13-14-21-20(24)18-11-12-19(23)22(18)17-5-3-2-4-6-17/h7-10,17-18H,2-6,11-14H2,1H3,(H,21,24)/t18-/m0/s1. The highest BCUT2D eigenvalue weighted by atomic mass is 16.2. The van der Waals surface area contributed by atoms with Crippen molar-refractivity contribution >= 4 is 11.8 Å². The Hall–Kier alpha value is -1.84. The fraction of sp³-hybridized carbons (Fsp3) is 0.600. The third kappa shape index (κ3) is 3.97. The Balaban J connectivity index is 1.53. The number of likely N-dealkylation sites (tertiary alicyclic amines) is 1. The second kappa shape index (κ2) is 7.82. The maximum atomic E-state index is 12.6. The van der Waals surface area contributed by atoms with Gasteiger partial charge < -0.3 is 10.2 Å². The van der Waals surface area contributed by atoms with Crippen LogP contribution in [0.25, 0.3) is 0 Å². The van der Waals surface area contributed by atoms with Crippen LogP contribution in [0.2, 0.25) is 0 Å². The molecule has 0 unspecified atom stereocenters. The van der Waals surface area contributed by atoms with Gasteiger partial charge in [-0.1, -0.05) is 49.1 Å². The molecule has 1 saturated heterocycles. The highest BCUT2D eigenvalue weighted by Gasteiger charge is 2.40. The van der Waals surface area contributed by atoms with E-state index < -0.39 is 0 Å². The second-order valence-electron chi connectivity index (χ2n) is 7.17. The smallest absolute Gasteiger partial charge is 0.242 e. The van der Waals surface area contributed by atoms with E-state index in [1.54, 1.807) is 0 Å². The summed E-state index contributed by atoms with van der Waals surface area (Å²) in [6, 6.07) is 8.43. The maximum absolute atomic E-state index is 12.6. The van der Waals surface area contributed by atoms with Crippen molar-refractivity contribution in [2.24, 2.45) is 0 Å². The van der Waals surface area contributed by atoms with Crippen molar-refractivity contribution in [1.29, 1.82) is 0 Å². The molecule has 2 aliphatic rings. The number of hydrogen-bond donors (Lipinski definition) is 1. The summed E-state index contributed by atoms with van der Waals surface area (Å²) < 4.78 is 0. The summed E-state index contributed by atoms with van der Waals surface area (Å²) in [6.07, 6.45) is 7.74. The molecule has 2 fully saturated rings. The van der Waals surface area contributed by atoms with Crippen molar-refractivity contribution in [3.63, 3.8) is 0 Å². The predicted octanol–water partition coefficient (Wildman–Crippen LogP) is 2.98. The normalized spacial score (nSPS) is 22.0. The van der Waals surface area contributed by atoms with E-state index in [9.17, 15) is 9.59 Å². The number of amides is 2. The Morgan fingerprint density at radius 1 is 1.12 bits per heavy atom. The molecule has 1 heterocycles. The van der Waals surface area contributed by atoms with Crippen molar-refractivity contribution in [3.8, 4) is 0 Å². The van der Waals surface area contributed by atoms with E-state index >= 15 is 0 Å². The van der Waals surface area contributed by atoms with Gasteiger partial charge in [0.25, 0.3) is 0 Å². The molecule has 0 radical (unpaired) electrons. The Bertz CT molecular complexity index is 576. The molecule has 2 amide bonds. The van der Waals surface area contributed by atoms with Gasteiger partial charge in [-0.05, 0) is 38.2 Å². The quantitative estimate of drug-likeness (QED) is 0.903. The molecular weight excluding hydrogens is 300 g/mol. The molecule has 1 saturated carbocycles. The first-order chi connectivity index (χ1) is 11.6. The van der Waals surface area contributed by atoms with Crippen molar-refractivity contribution in [2.45, 2.75) is 70.4 Å².